The van der Waals surface area contributed by atoms with Crippen LogP contribution in [0.25, 0.3) is 22.4 Å². The minimum absolute atomic E-state index is 0.232. The van der Waals surface area contributed by atoms with Crippen molar-refractivity contribution in [3.8, 4) is 16.9 Å². The molecule has 0 bridgehead atoms. The highest BCUT2D eigenvalue weighted by Gasteiger charge is 2.22. The molecule has 0 spiro atoms. The van der Waals surface area contributed by atoms with Crippen LogP contribution in [0.4, 0.5) is 10.3 Å². The van der Waals surface area contributed by atoms with E-state index >= 15 is 0 Å². The zero-order valence-corrected chi connectivity index (χ0v) is 19.7. The smallest absolute Gasteiger partial charge is 0.356 e. The van der Waals surface area contributed by atoms with Gasteiger partial charge in [-0.2, -0.15) is 0 Å². The second-order valence-corrected chi connectivity index (χ2v) is 8.39. The Hall–Kier alpha value is -4.54. The molecule has 10 nitrogen and oxygen atoms in total. The molecule has 1 aliphatic rings. The molecule has 0 atom stereocenters. The topological polar surface area (TPSA) is 108 Å². The molecule has 1 aliphatic heterocycles. The molecule has 0 saturated heterocycles. The number of aromatic nitrogens is 6. The predicted molar refractivity (Wildman–Crippen MR) is 129 cm³/mol. The molecule has 182 valence electrons. The number of carbonyl (C=O) groups excluding carboxylic acids is 1. The van der Waals surface area contributed by atoms with Crippen LogP contribution in [0.1, 0.15) is 34.2 Å². The van der Waals surface area contributed by atoms with E-state index in [0.29, 0.717) is 47.1 Å². The van der Waals surface area contributed by atoms with Crippen molar-refractivity contribution in [2.75, 3.05) is 18.5 Å². The maximum Gasteiger partial charge on any atom is 0.356 e. The van der Waals surface area contributed by atoms with Gasteiger partial charge in [0.2, 0.25) is 5.95 Å². The number of esters is 1. The third-order valence-electron chi connectivity index (χ3n) is 6.32. The first-order valence-electron chi connectivity index (χ1n) is 11.6. The highest BCUT2D eigenvalue weighted by molar-refractivity contribution is 5.92. The highest BCUT2D eigenvalue weighted by Crippen LogP contribution is 2.32. The summed E-state index contributed by atoms with van der Waals surface area (Å²) >= 11 is 0. The van der Waals surface area contributed by atoms with Crippen molar-refractivity contribution in [2.24, 2.45) is 0 Å². The van der Waals surface area contributed by atoms with Gasteiger partial charge in [-0.1, -0.05) is 0 Å². The van der Waals surface area contributed by atoms with E-state index in [-0.39, 0.29) is 19.0 Å². The van der Waals surface area contributed by atoms with Crippen LogP contribution in [-0.4, -0.2) is 48.1 Å². The molecule has 1 N–H and O–H groups in total. The van der Waals surface area contributed by atoms with Crippen LogP contribution in [0, 0.1) is 12.7 Å². The lowest BCUT2D eigenvalue weighted by molar-refractivity contribution is 0.0518. The molecule has 5 heterocycles. The van der Waals surface area contributed by atoms with Gasteiger partial charge in [0.15, 0.2) is 11.3 Å². The van der Waals surface area contributed by atoms with Gasteiger partial charge >= 0.3 is 5.97 Å². The Labute approximate surface area is 204 Å². The fourth-order valence-electron chi connectivity index (χ4n) is 4.63. The fraction of sp³-hybridized carbons (Fsp3) is 0.240. The largest absolute Gasteiger partial charge is 0.493 e. The van der Waals surface area contributed by atoms with Gasteiger partial charge in [-0.15, -0.1) is 10.2 Å². The molecular weight excluding hydrogens is 465 g/mol. The van der Waals surface area contributed by atoms with Crippen LogP contribution in [-0.2, 0) is 17.7 Å². The predicted octanol–water partition coefficient (Wildman–Crippen LogP) is 3.61. The van der Waals surface area contributed by atoms with E-state index in [2.05, 4.69) is 25.5 Å². The van der Waals surface area contributed by atoms with E-state index in [1.54, 1.807) is 34.3 Å². The Morgan fingerprint density at radius 2 is 2.06 bits per heavy atom. The number of nitrogens with zero attached hydrogens (tertiary/aromatic N) is 6. The third kappa shape index (κ3) is 3.43. The number of imidazole rings is 1. The number of fused-ring (bicyclic) bond motifs is 3. The van der Waals surface area contributed by atoms with E-state index in [1.165, 1.54) is 12.3 Å². The van der Waals surface area contributed by atoms with Crippen molar-refractivity contribution in [1.82, 2.24) is 29.0 Å². The van der Waals surface area contributed by atoms with Crippen molar-refractivity contribution in [3.05, 3.63) is 71.3 Å². The molecule has 0 amide bonds. The van der Waals surface area contributed by atoms with E-state index in [9.17, 15) is 9.18 Å². The quantitative estimate of drug-likeness (QED) is 0.362. The van der Waals surface area contributed by atoms with Gasteiger partial charge in [0.1, 0.15) is 23.5 Å². The first-order chi connectivity index (χ1) is 17.6. The number of nitrogens with one attached hydrogen (secondary N) is 1. The van der Waals surface area contributed by atoms with E-state index in [0.717, 1.165) is 22.6 Å². The average Bonchev–Trinajstić information content (AvgIpc) is 3.63. The van der Waals surface area contributed by atoms with Crippen LogP contribution in [0.5, 0.6) is 5.75 Å². The second-order valence-electron chi connectivity index (χ2n) is 8.39. The lowest BCUT2D eigenvalue weighted by Crippen LogP contribution is -2.10. The Bertz CT molecular complexity index is 1640. The molecule has 5 aromatic rings. The molecule has 1 aromatic carbocycles. The van der Waals surface area contributed by atoms with Crippen molar-refractivity contribution in [1.29, 1.82) is 0 Å². The molecule has 0 aliphatic carbocycles. The number of rotatable bonds is 6. The summed E-state index contributed by atoms with van der Waals surface area (Å²) in [6.07, 6.45) is 5.39. The first-order valence-corrected chi connectivity index (χ1v) is 11.6. The van der Waals surface area contributed by atoms with Gasteiger partial charge in [0.25, 0.3) is 0 Å². The average molecular weight is 487 g/mol. The fourth-order valence-corrected chi connectivity index (χ4v) is 4.63. The minimum atomic E-state index is -0.444. The molecule has 11 heteroatoms. The summed E-state index contributed by atoms with van der Waals surface area (Å²) in [6, 6.07) is 6.89. The molecule has 0 fully saturated rings. The maximum absolute atomic E-state index is 14.6. The summed E-state index contributed by atoms with van der Waals surface area (Å²) in [6.45, 7) is 4.70. The lowest BCUT2D eigenvalue weighted by Gasteiger charge is -2.13. The number of hydrogen-bond donors (Lipinski definition) is 1. The van der Waals surface area contributed by atoms with Crippen LogP contribution in [0.15, 0.2) is 43.0 Å². The van der Waals surface area contributed by atoms with E-state index in [4.69, 9.17) is 9.47 Å². The summed E-state index contributed by atoms with van der Waals surface area (Å²) in [7, 11) is 0. The SMILES string of the molecule is CCOC(=O)c1cnc2c(-c3cnc(NCc4c(F)ccc5c4CCO5)n4cnnc34)ccc(C)n12. The second kappa shape index (κ2) is 8.59. The Morgan fingerprint density at radius 3 is 2.92 bits per heavy atom. The molecule has 0 saturated carbocycles. The number of carbonyl (C=O) groups is 1. The number of ether oxygens (including phenoxy) is 2. The molecular formula is C25H22FN7O3. The Balaban J connectivity index is 1.39. The third-order valence-corrected chi connectivity index (χ3v) is 6.32. The van der Waals surface area contributed by atoms with Crippen molar-refractivity contribution in [2.45, 2.75) is 26.8 Å². The van der Waals surface area contributed by atoms with Crippen LogP contribution in [0.3, 0.4) is 0 Å². The summed E-state index contributed by atoms with van der Waals surface area (Å²) in [4.78, 5) is 21.5. The number of benzene rings is 1. The molecule has 0 radical (unpaired) electrons. The van der Waals surface area contributed by atoms with Crippen LogP contribution >= 0.6 is 0 Å². The summed E-state index contributed by atoms with van der Waals surface area (Å²) in [5.74, 6) is 0.451. The number of halogens is 1. The minimum Gasteiger partial charge on any atom is -0.493 e. The molecule has 4 aromatic heterocycles. The standard InChI is InChI=1S/C25H22FN7O3/c1-3-35-24(34)20-12-27-22-16(5-4-14(2)33(20)22)18-11-29-25(32-13-30-31-23(18)32)28-10-17-15-8-9-36-21(15)7-6-19(17)26/h4-7,11-13H,3,8-10H2,1-2H3,(H,28,29). The number of aryl methyl sites for hydroxylation is 1. The first kappa shape index (κ1) is 22.0. The van der Waals surface area contributed by atoms with Crippen LogP contribution < -0.4 is 10.1 Å². The zero-order valence-electron chi connectivity index (χ0n) is 19.7. The van der Waals surface area contributed by atoms with Gasteiger partial charge < -0.3 is 14.8 Å². The number of hydrogen-bond acceptors (Lipinski definition) is 8. The van der Waals surface area contributed by atoms with Gasteiger partial charge in [-0.3, -0.25) is 8.80 Å². The number of anilines is 1. The summed E-state index contributed by atoms with van der Waals surface area (Å²) < 4.78 is 28.8. The van der Waals surface area contributed by atoms with E-state index < -0.39 is 5.97 Å². The van der Waals surface area contributed by atoms with Gasteiger partial charge in [-0.25, -0.2) is 19.2 Å². The van der Waals surface area contributed by atoms with E-state index in [1.807, 2.05) is 19.1 Å². The lowest BCUT2D eigenvalue weighted by atomic mass is 10.0. The zero-order chi connectivity index (χ0) is 24.8. The monoisotopic (exact) mass is 487 g/mol. The van der Waals surface area contributed by atoms with Crippen molar-refractivity contribution < 1.29 is 18.7 Å². The molecule has 6 rings (SSSR count). The van der Waals surface area contributed by atoms with Crippen molar-refractivity contribution in [3.63, 3.8) is 0 Å². The normalized spacial score (nSPS) is 12.6. The molecule has 0 unspecified atom stereocenters. The maximum atomic E-state index is 14.6. The highest BCUT2D eigenvalue weighted by atomic mass is 19.1. The summed E-state index contributed by atoms with van der Waals surface area (Å²) in [5.41, 5.74) is 5.14. The van der Waals surface area contributed by atoms with Gasteiger partial charge in [0, 0.05) is 47.1 Å². The van der Waals surface area contributed by atoms with Crippen LogP contribution in [0.2, 0.25) is 0 Å². The van der Waals surface area contributed by atoms with Gasteiger partial charge in [-0.05, 0) is 38.1 Å². The Morgan fingerprint density at radius 1 is 1.17 bits per heavy atom. The number of pyridine rings is 1. The van der Waals surface area contributed by atoms with Gasteiger partial charge in [0.05, 0.1) is 19.4 Å². The van der Waals surface area contributed by atoms with Crippen molar-refractivity contribution >= 4 is 23.2 Å². The summed E-state index contributed by atoms with van der Waals surface area (Å²) in [5, 5.41) is 11.6. The Kier molecular flexibility index (Phi) is 5.24. The molecule has 36 heavy (non-hydrogen) atoms.